The Labute approximate surface area is 191 Å². The van der Waals surface area contributed by atoms with Crippen LogP contribution in [0.4, 0.5) is 0 Å². The average molecular weight is 477 g/mol. The van der Waals surface area contributed by atoms with Crippen LogP contribution in [-0.2, 0) is 24.0 Å². The van der Waals surface area contributed by atoms with E-state index in [1.807, 2.05) is 0 Å². The van der Waals surface area contributed by atoms with Crippen molar-refractivity contribution >= 4 is 42.3 Å². The minimum atomic E-state index is -1.28. The van der Waals surface area contributed by atoms with Gasteiger partial charge in [-0.1, -0.05) is 13.8 Å². The normalized spacial score (nSPS) is 20.8. The molecule has 1 rings (SSSR count). The Balaban J connectivity index is 2.92. The topological polar surface area (TPSA) is 194 Å². The molecule has 1 saturated heterocycles. The minimum absolute atomic E-state index is 0.0402. The average Bonchev–Trinajstić information content (AvgIpc) is 3.13. The number of carboxylic acid groups (broad SMARTS) is 2. The molecule has 0 aliphatic carbocycles. The van der Waals surface area contributed by atoms with Gasteiger partial charge < -0.3 is 36.6 Å². The van der Waals surface area contributed by atoms with Crippen molar-refractivity contribution in [3.8, 4) is 0 Å². The molecule has 0 bridgehead atoms. The summed E-state index contributed by atoms with van der Waals surface area (Å²) in [5.74, 6) is -4.70. The fraction of sp³-hybridized carbons (Fsp3) is 0.737. The zero-order chi connectivity index (χ0) is 24.4. The van der Waals surface area contributed by atoms with Crippen molar-refractivity contribution in [1.29, 1.82) is 0 Å². The summed E-state index contributed by atoms with van der Waals surface area (Å²) in [5, 5.41) is 37.8. The number of carbonyl (C=O) groups excluding carboxylic acids is 3. The van der Waals surface area contributed by atoms with Gasteiger partial charge in [0.15, 0.2) is 0 Å². The Bertz CT molecular complexity index is 705. The third-order valence-corrected chi connectivity index (χ3v) is 5.21. The lowest BCUT2D eigenvalue weighted by molar-refractivity contribution is -0.141. The van der Waals surface area contributed by atoms with E-state index in [2.05, 4.69) is 33.9 Å². The predicted octanol–water partition coefficient (Wildman–Crippen LogP) is -1.91. The van der Waals surface area contributed by atoms with Gasteiger partial charge in [0.25, 0.3) is 0 Å². The summed E-state index contributed by atoms with van der Waals surface area (Å²) in [6, 6.07) is -4.31. The highest BCUT2D eigenvalue weighted by atomic mass is 32.1. The maximum absolute atomic E-state index is 12.9. The van der Waals surface area contributed by atoms with Gasteiger partial charge in [0.05, 0.1) is 12.1 Å². The fourth-order valence-corrected chi connectivity index (χ4v) is 3.41. The lowest BCUT2D eigenvalue weighted by Crippen LogP contribution is -2.57. The van der Waals surface area contributed by atoms with Gasteiger partial charge in [-0.2, -0.15) is 12.6 Å². The lowest BCUT2D eigenvalue weighted by atomic mass is 10.0. The molecule has 0 aromatic rings. The van der Waals surface area contributed by atoms with E-state index in [1.54, 1.807) is 13.8 Å². The highest BCUT2D eigenvalue weighted by Gasteiger charge is 2.33. The molecule has 5 atom stereocenters. The van der Waals surface area contributed by atoms with Crippen molar-refractivity contribution in [1.82, 2.24) is 21.3 Å². The van der Waals surface area contributed by atoms with Gasteiger partial charge in [-0.15, -0.1) is 0 Å². The van der Waals surface area contributed by atoms with Gasteiger partial charge in [-0.25, -0.2) is 4.79 Å². The van der Waals surface area contributed by atoms with Crippen LogP contribution in [-0.4, -0.2) is 87.5 Å². The number of nitrogens with one attached hydrogen (secondary N) is 4. The second-order valence-corrected chi connectivity index (χ2v) is 8.48. The SMILES string of the molecule is CC(C)C[C@H](NC(=O)[C@H](CCC(=O)O)NC(=O)[C@@H]1C[C@@H](O)CN1)C(=O)N[C@@H](CS)C(=O)O. The number of hydrogen-bond donors (Lipinski definition) is 8. The van der Waals surface area contributed by atoms with E-state index in [4.69, 9.17) is 10.2 Å². The number of aliphatic carboxylic acids is 2. The molecule has 1 heterocycles. The molecule has 32 heavy (non-hydrogen) atoms. The van der Waals surface area contributed by atoms with E-state index in [0.29, 0.717) is 0 Å². The molecule has 1 fully saturated rings. The molecule has 0 aromatic carbocycles. The van der Waals surface area contributed by atoms with Crippen LogP contribution in [0.15, 0.2) is 0 Å². The zero-order valence-corrected chi connectivity index (χ0v) is 18.9. The Morgan fingerprint density at radius 3 is 2.06 bits per heavy atom. The first kappa shape index (κ1) is 27.7. The van der Waals surface area contributed by atoms with E-state index < -0.39 is 66.4 Å². The molecule has 3 amide bonds. The van der Waals surface area contributed by atoms with Gasteiger partial charge in [0.1, 0.15) is 18.1 Å². The van der Waals surface area contributed by atoms with E-state index >= 15 is 0 Å². The number of β-amino-alcohol motifs (C(OH)–C–C–N with tert-alkyl or cyclic N) is 1. The van der Waals surface area contributed by atoms with Crippen LogP contribution in [0.5, 0.6) is 0 Å². The van der Waals surface area contributed by atoms with Gasteiger partial charge >= 0.3 is 11.9 Å². The van der Waals surface area contributed by atoms with E-state index in [1.165, 1.54) is 0 Å². The highest BCUT2D eigenvalue weighted by molar-refractivity contribution is 7.80. The number of thiol groups is 1. The molecule has 1 aliphatic rings. The molecule has 182 valence electrons. The predicted molar refractivity (Wildman–Crippen MR) is 116 cm³/mol. The lowest BCUT2D eigenvalue weighted by Gasteiger charge is -2.25. The van der Waals surface area contributed by atoms with Crippen LogP contribution >= 0.6 is 12.6 Å². The summed E-state index contributed by atoms with van der Waals surface area (Å²) in [4.78, 5) is 60.1. The van der Waals surface area contributed by atoms with Gasteiger partial charge in [0.2, 0.25) is 17.7 Å². The quantitative estimate of drug-likeness (QED) is 0.140. The Morgan fingerprint density at radius 2 is 1.59 bits per heavy atom. The molecule has 0 spiro atoms. The largest absolute Gasteiger partial charge is 0.481 e. The molecule has 0 unspecified atom stereocenters. The van der Waals surface area contributed by atoms with Crippen molar-refractivity contribution in [2.45, 2.75) is 69.8 Å². The van der Waals surface area contributed by atoms with Gasteiger partial charge in [-0.3, -0.25) is 19.2 Å². The summed E-state index contributed by atoms with van der Waals surface area (Å²) in [5.41, 5.74) is 0. The van der Waals surface area contributed by atoms with Gasteiger partial charge in [-0.05, 0) is 25.2 Å². The fourth-order valence-electron chi connectivity index (χ4n) is 3.16. The third-order valence-electron chi connectivity index (χ3n) is 4.84. The monoisotopic (exact) mass is 476 g/mol. The Kier molecular flexibility index (Phi) is 11.4. The Morgan fingerprint density at radius 1 is 1.00 bits per heavy atom. The van der Waals surface area contributed by atoms with Crippen molar-refractivity contribution in [2.75, 3.05) is 12.3 Å². The molecule has 0 aromatic heterocycles. The molecule has 13 heteroatoms. The van der Waals surface area contributed by atoms with Crippen LogP contribution in [0, 0.1) is 5.92 Å². The van der Waals surface area contributed by atoms with Crippen LogP contribution in [0.25, 0.3) is 0 Å². The maximum atomic E-state index is 12.9. The number of aliphatic hydroxyl groups is 1. The van der Waals surface area contributed by atoms with E-state index in [0.717, 1.165) is 0 Å². The van der Waals surface area contributed by atoms with Crippen molar-refractivity contribution < 1.29 is 39.3 Å². The standard InChI is InChI=1S/C19H32N4O8S/c1-9(2)5-13(18(29)23-14(8-32)19(30)31)22-16(27)11(3-4-15(25)26)21-17(28)12-6-10(24)7-20-12/h9-14,20,24,32H,3-8H2,1-2H3,(H,21,28)(H,22,27)(H,23,29)(H,25,26)(H,30,31)/t10-,11+,12+,13+,14+/m1/s1. The van der Waals surface area contributed by atoms with Crippen LogP contribution in [0.3, 0.4) is 0 Å². The second kappa shape index (κ2) is 13.2. The number of carbonyl (C=O) groups is 5. The Hall–Kier alpha value is -2.38. The summed E-state index contributed by atoms with van der Waals surface area (Å²) in [6.07, 6.45) is -0.984. The number of hydrogen-bond acceptors (Lipinski definition) is 8. The minimum Gasteiger partial charge on any atom is -0.481 e. The zero-order valence-electron chi connectivity index (χ0n) is 18.0. The molecule has 1 aliphatic heterocycles. The highest BCUT2D eigenvalue weighted by Crippen LogP contribution is 2.10. The van der Waals surface area contributed by atoms with E-state index in [9.17, 15) is 29.1 Å². The first-order valence-corrected chi connectivity index (χ1v) is 11.0. The number of aliphatic hydroxyl groups excluding tert-OH is 1. The number of rotatable bonds is 13. The van der Waals surface area contributed by atoms with Crippen LogP contribution in [0.1, 0.15) is 39.5 Å². The molecule has 12 nitrogen and oxygen atoms in total. The molecule has 7 N–H and O–H groups in total. The molecule has 0 radical (unpaired) electrons. The first-order chi connectivity index (χ1) is 14.9. The molecular weight excluding hydrogens is 444 g/mol. The van der Waals surface area contributed by atoms with Crippen molar-refractivity contribution in [2.24, 2.45) is 5.92 Å². The number of amides is 3. The van der Waals surface area contributed by atoms with Crippen LogP contribution < -0.4 is 21.3 Å². The van der Waals surface area contributed by atoms with Gasteiger partial charge in [0, 0.05) is 18.7 Å². The summed E-state index contributed by atoms with van der Waals surface area (Å²) >= 11 is 3.89. The second-order valence-electron chi connectivity index (χ2n) is 8.12. The first-order valence-electron chi connectivity index (χ1n) is 10.3. The van der Waals surface area contributed by atoms with Crippen LogP contribution in [0.2, 0.25) is 0 Å². The van der Waals surface area contributed by atoms with Crippen molar-refractivity contribution in [3.05, 3.63) is 0 Å². The smallest absolute Gasteiger partial charge is 0.327 e. The summed E-state index contributed by atoms with van der Waals surface area (Å²) in [6.45, 7) is 3.83. The molecular formula is C19H32N4O8S. The van der Waals surface area contributed by atoms with Crippen molar-refractivity contribution in [3.63, 3.8) is 0 Å². The third kappa shape index (κ3) is 9.40. The summed E-state index contributed by atoms with van der Waals surface area (Å²) < 4.78 is 0. The van der Waals surface area contributed by atoms with E-state index in [-0.39, 0.29) is 37.5 Å². The summed E-state index contributed by atoms with van der Waals surface area (Å²) in [7, 11) is 0. The maximum Gasteiger partial charge on any atom is 0.327 e. The number of carboxylic acids is 2. The molecule has 0 saturated carbocycles.